The number of carbonyl (C=O) groups excluding carboxylic acids is 3. The molecule has 1 saturated carbocycles. The third-order valence-electron chi connectivity index (χ3n) is 5.79. The first-order valence-electron chi connectivity index (χ1n) is 10.5. The normalized spacial score (nSPS) is 20.2. The lowest BCUT2D eigenvalue weighted by Gasteiger charge is -2.32. The fourth-order valence-electron chi connectivity index (χ4n) is 3.99. The molecule has 2 atom stereocenters. The number of amides is 3. The molecule has 3 rings (SSSR count). The van der Waals surface area contributed by atoms with E-state index in [1.54, 1.807) is 0 Å². The van der Waals surface area contributed by atoms with Gasteiger partial charge in [-0.1, -0.05) is 0 Å². The summed E-state index contributed by atoms with van der Waals surface area (Å²) in [6, 6.07) is 2.46. The lowest BCUT2D eigenvalue weighted by atomic mass is 9.94. The van der Waals surface area contributed by atoms with Crippen LogP contribution in [0.2, 0.25) is 0 Å². The predicted molar refractivity (Wildman–Crippen MR) is 107 cm³/mol. The highest BCUT2D eigenvalue weighted by Gasteiger charge is 2.53. The van der Waals surface area contributed by atoms with Gasteiger partial charge in [0.15, 0.2) is 0 Å². The van der Waals surface area contributed by atoms with Gasteiger partial charge >= 0.3 is 6.18 Å². The zero-order valence-corrected chi connectivity index (χ0v) is 18.2. The maximum atomic E-state index is 14.4. The molecule has 2 fully saturated rings. The third kappa shape index (κ3) is 6.03. The molecule has 0 aromatic carbocycles. The standard InChI is InChI=1S/C21H25F4N5O3/c1-19(2,22)11-30(13(9-26)7-12-8-20(5-6-20)29-17(12)32)16(31)10-27-18(33)14-3-4-15(28-14)21(23,24)25/h3-4,12-13,28H,5-8,10-11H2,1-2H3,(H,27,33)(H,29,32)/t12-,13+/m1/s1. The molecule has 1 aliphatic heterocycles. The van der Waals surface area contributed by atoms with Crippen LogP contribution in [0.15, 0.2) is 12.1 Å². The van der Waals surface area contributed by atoms with Crippen LogP contribution in [-0.2, 0) is 15.8 Å². The number of alkyl halides is 4. The molecule has 3 amide bonds. The summed E-state index contributed by atoms with van der Waals surface area (Å²) in [4.78, 5) is 40.1. The first-order valence-corrected chi connectivity index (χ1v) is 10.5. The van der Waals surface area contributed by atoms with Crippen molar-refractivity contribution in [3.05, 3.63) is 23.5 Å². The Morgan fingerprint density at radius 2 is 1.97 bits per heavy atom. The quantitative estimate of drug-likeness (QED) is 0.504. The second-order valence-electron chi connectivity index (χ2n) is 9.26. The lowest BCUT2D eigenvalue weighted by molar-refractivity contribution is -0.140. The van der Waals surface area contributed by atoms with Gasteiger partial charge in [-0.05, 0) is 51.7 Å². The molecule has 1 saturated heterocycles. The molecule has 1 aliphatic carbocycles. The van der Waals surface area contributed by atoms with Crippen LogP contribution in [0.3, 0.4) is 0 Å². The average molecular weight is 471 g/mol. The van der Waals surface area contributed by atoms with E-state index in [1.807, 2.05) is 11.1 Å². The molecular formula is C21H25F4N5O3. The maximum absolute atomic E-state index is 14.4. The molecule has 0 unspecified atom stereocenters. The van der Waals surface area contributed by atoms with Crippen molar-refractivity contribution in [2.24, 2.45) is 5.92 Å². The highest BCUT2D eigenvalue weighted by atomic mass is 19.4. The van der Waals surface area contributed by atoms with Crippen molar-refractivity contribution in [2.75, 3.05) is 13.1 Å². The summed E-state index contributed by atoms with van der Waals surface area (Å²) >= 11 is 0. The van der Waals surface area contributed by atoms with Crippen LogP contribution in [0.4, 0.5) is 17.6 Å². The fourth-order valence-corrected chi connectivity index (χ4v) is 3.99. The number of nitrogens with one attached hydrogen (secondary N) is 3. The van der Waals surface area contributed by atoms with Crippen molar-refractivity contribution in [1.82, 2.24) is 20.5 Å². The first kappa shape index (κ1) is 24.5. The van der Waals surface area contributed by atoms with Gasteiger partial charge in [0, 0.05) is 11.5 Å². The summed E-state index contributed by atoms with van der Waals surface area (Å²) < 4.78 is 52.5. The van der Waals surface area contributed by atoms with Crippen LogP contribution in [-0.4, -0.2) is 57.9 Å². The van der Waals surface area contributed by atoms with E-state index >= 15 is 0 Å². The number of nitrogens with zero attached hydrogens (tertiary/aromatic N) is 2. The first-order chi connectivity index (χ1) is 15.2. The Morgan fingerprint density at radius 1 is 1.30 bits per heavy atom. The van der Waals surface area contributed by atoms with Crippen molar-refractivity contribution >= 4 is 17.7 Å². The van der Waals surface area contributed by atoms with Crippen LogP contribution in [0.1, 0.15) is 55.7 Å². The van der Waals surface area contributed by atoms with E-state index in [0.29, 0.717) is 12.5 Å². The zero-order chi connectivity index (χ0) is 24.6. The van der Waals surface area contributed by atoms with Gasteiger partial charge in [-0.2, -0.15) is 18.4 Å². The van der Waals surface area contributed by atoms with Gasteiger partial charge in [0.25, 0.3) is 5.91 Å². The van der Waals surface area contributed by atoms with E-state index in [1.165, 1.54) is 13.8 Å². The van der Waals surface area contributed by atoms with Crippen LogP contribution in [0, 0.1) is 17.2 Å². The number of hydrogen-bond acceptors (Lipinski definition) is 4. The number of aromatic amines is 1. The van der Waals surface area contributed by atoms with E-state index in [0.717, 1.165) is 23.8 Å². The topological polar surface area (TPSA) is 118 Å². The van der Waals surface area contributed by atoms with Gasteiger partial charge in [0.1, 0.15) is 23.1 Å². The van der Waals surface area contributed by atoms with Crippen molar-refractivity contribution in [2.45, 2.75) is 63.0 Å². The average Bonchev–Trinajstić information content (AvgIpc) is 3.12. The summed E-state index contributed by atoms with van der Waals surface area (Å²) in [5, 5.41) is 14.8. The Kier molecular flexibility index (Phi) is 6.46. The lowest BCUT2D eigenvalue weighted by Crippen LogP contribution is -2.50. The molecule has 8 nitrogen and oxygen atoms in total. The Morgan fingerprint density at radius 3 is 2.45 bits per heavy atom. The Labute approximate surface area is 187 Å². The Bertz CT molecular complexity index is 972. The van der Waals surface area contributed by atoms with E-state index < -0.39 is 60.1 Å². The molecule has 1 spiro atoms. The zero-order valence-electron chi connectivity index (χ0n) is 18.2. The molecule has 1 aromatic heterocycles. The van der Waals surface area contributed by atoms with Crippen LogP contribution in [0.25, 0.3) is 0 Å². The number of halogens is 4. The van der Waals surface area contributed by atoms with Crippen molar-refractivity contribution < 1.29 is 31.9 Å². The largest absolute Gasteiger partial charge is 0.431 e. The van der Waals surface area contributed by atoms with Gasteiger partial charge in [-0.15, -0.1) is 0 Å². The van der Waals surface area contributed by atoms with Crippen LogP contribution in [0.5, 0.6) is 0 Å². The molecule has 12 heteroatoms. The highest BCUT2D eigenvalue weighted by Crippen LogP contribution is 2.46. The molecule has 0 radical (unpaired) electrons. The minimum Gasteiger partial charge on any atom is -0.350 e. The molecule has 180 valence electrons. The van der Waals surface area contributed by atoms with Gasteiger partial charge < -0.3 is 20.5 Å². The monoisotopic (exact) mass is 471 g/mol. The summed E-state index contributed by atoms with van der Waals surface area (Å²) in [7, 11) is 0. The van der Waals surface area contributed by atoms with E-state index in [2.05, 4.69) is 10.6 Å². The predicted octanol–water partition coefficient (Wildman–Crippen LogP) is 2.29. The molecule has 2 aliphatic rings. The van der Waals surface area contributed by atoms with Gasteiger partial charge in [-0.3, -0.25) is 14.4 Å². The van der Waals surface area contributed by atoms with E-state index in [9.17, 15) is 37.2 Å². The smallest absolute Gasteiger partial charge is 0.350 e. The number of hydrogen-bond donors (Lipinski definition) is 3. The van der Waals surface area contributed by atoms with E-state index in [-0.39, 0.29) is 17.9 Å². The molecule has 2 heterocycles. The number of H-pyrrole nitrogens is 1. The fraction of sp³-hybridized carbons (Fsp3) is 0.619. The van der Waals surface area contributed by atoms with Crippen LogP contribution < -0.4 is 10.6 Å². The molecule has 33 heavy (non-hydrogen) atoms. The molecule has 3 N–H and O–H groups in total. The van der Waals surface area contributed by atoms with Crippen LogP contribution >= 0.6 is 0 Å². The van der Waals surface area contributed by atoms with Gasteiger partial charge in [0.2, 0.25) is 11.8 Å². The minimum absolute atomic E-state index is 0.0193. The summed E-state index contributed by atoms with van der Waals surface area (Å²) in [5.74, 6) is -2.45. The maximum Gasteiger partial charge on any atom is 0.431 e. The molecule has 1 aromatic rings. The van der Waals surface area contributed by atoms with Gasteiger partial charge in [-0.25, -0.2) is 4.39 Å². The van der Waals surface area contributed by atoms with Crippen molar-refractivity contribution in [1.29, 1.82) is 5.26 Å². The Balaban J connectivity index is 1.66. The third-order valence-corrected chi connectivity index (χ3v) is 5.79. The van der Waals surface area contributed by atoms with Gasteiger partial charge in [0.05, 0.1) is 19.2 Å². The SMILES string of the molecule is CC(C)(F)CN(C(=O)CNC(=O)c1ccc(C(F)(F)F)[nH]1)[C@H](C#N)C[C@@H]1CC2(CC2)NC1=O. The number of nitriles is 1. The highest BCUT2D eigenvalue weighted by molar-refractivity contribution is 5.95. The summed E-state index contributed by atoms with van der Waals surface area (Å²) in [6.07, 6.45) is -2.40. The van der Waals surface area contributed by atoms with E-state index in [4.69, 9.17) is 0 Å². The van der Waals surface area contributed by atoms with Crippen molar-refractivity contribution in [3.8, 4) is 6.07 Å². The summed E-state index contributed by atoms with van der Waals surface area (Å²) in [6.45, 7) is 1.33. The molecular weight excluding hydrogens is 446 g/mol. The molecule has 0 bridgehead atoms. The number of rotatable bonds is 8. The minimum atomic E-state index is -4.66. The number of aromatic nitrogens is 1. The second-order valence-corrected chi connectivity index (χ2v) is 9.26. The number of carbonyl (C=O) groups is 3. The second kappa shape index (κ2) is 8.68. The van der Waals surface area contributed by atoms with Crippen molar-refractivity contribution in [3.63, 3.8) is 0 Å². The summed E-state index contributed by atoms with van der Waals surface area (Å²) in [5.41, 5.74) is -3.62. The Hall–Kier alpha value is -3.10.